The summed E-state index contributed by atoms with van der Waals surface area (Å²) in [7, 11) is 0. The lowest BCUT2D eigenvalue weighted by Crippen LogP contribution is -2.04. The molecule has 66 valence electrons. The maximum absolute atomic E-state index is 12.6. The molecule has 0 bridgehead atoms. The quantitative estimate of drug-likeness (QED) is 0.717. The summed E-state index contributed by atoms with van der Waals surface area (Å²) in [6.07, 6.45) is 1.44. The van der Waals surface area contributed by atoms with E-state index >= 15 is 0 Å². The molecule has 0 radical (unpaired) electrons. The standard InChI is InChI=1S/C8H4BrFN2O/c9-5-3-11-8-4(7(5)13)1-2-6(10)12-8/h1-3H,(H,11,12,13). The fraction of sp³-hybridized carbons (Fsp3) is 0. The van der Waals surface area contributed by atoms with Crippen LogP contribution in [0.1, 0.15) is 0 Å². The molecule has 0 amide bonds. The number of aromatic nitrogens is 2. The number of hydrogen-bond acceptors (Lipinski definition) is 2. The summed E-state index contributed by atoms with van der Waals surface area (Å²) in [4.78, 5) is 17.6. The number of hydrogen-bond donors (Lipinski definition) is 1. The Kier molecular flexibility index (Phi) is 1.88. The first-order valence-corrected chi connectivity index (χ1v) is 4.31. The summed E-state index contributed by atoms with van der Waals surface area (Å²) >= 11 is 3.07. The molecule has 0 aliphatic carbocycles. The molecular weight excluding hydrogens is 239 g/mol. The first kappa shape index (κ1) is 8.37. The monoisotopic (exact) mass is 242 g/mol. The fourth-order valence-electron chi connectivity index (χ4n) is 1.05. The average molecular weight is 243 g/mol. The Morgan fingerprint density at radius 1 is 1.46 bits per heavy atom. The number of halogens is 2. The SMILES string of the molecule is O=c1c(Br)c[nH]c2nc(F)ccc12. The van der Waals surface area contributed by atoms with Crippen LogP contribution in [0.4, 0.5) is 4.39 Å². The van der Waals surface area contributed by atoms with E-state index in [2.05, 4.69) is 25.9 Å². The van der Waals surface area contributed by atoms with Crippen molar-refractivity contribution in [2.75, 3.05) is 0 Å². The zero-order valence-electron chi connectivity index (χ0n) is 6.34. The van der Waals surface area contributed by atoms with Gasteiger partial charge in [0.15, 0.2) is 0 Å². The third kappa shape index (κ3) is 1.35. The van der Waals surface area contributed by atoms with Crippen LogP contribution in [0.5, 0.6) is 0 Å². The van der Waals surface area contributed by atoms with Gasteiger partial charge in [-0.15, -0.1) is 0 Å². The van der Waals surface area contributed by atoms with Crippen LogP contribution in [0, 0.1) is 5.95 Å². The van der Waals surface area contributed by atoms with E-state index < -0.39 is 5.95 Å². The van der Waals surface area contributed by atoms with Gasteiger partial charge in [0.05, 0.1) is 9.86 Å². The minimum Gasteiger partial charge on any atom is -0.345 e. The first-order valence-electron chi connectivity index (χ1n) is 3.52. The molecule has 5 heteroatoms. The molecular formula is C8H4BrFN2O. The van der Waals surface area contributed by atoms with Crippen LogP contribution in [-0.4, -0.2) is 9.97 Å². The molecule has 0 unspecified atom stereocenters. The lowest BCUT2D eigenvalue weighted by Gasteiger charge is -1.96. The normalized spacial score (nSPS) is 10.6. The third-order valence-electron chi connectivity index (χ3n) is 1.66. The third-order valence-corrected chi connectivity index (χ3v) is 2.25. The van der Waals surface area contributed by atoms with E-state index in [9.17, 15) is 9.18 Å². The fourth-order valence-corrected chi connectivity index (χ4v) is 1.38. The number of aromatic amines is 1. The molecule has 0 saturated heterocycles. The van der Waals surface area contributed by atoms with E-state index in [1.165, 1.54) is 12.3 Å². The van der Waals surface area contributed by atoms with Crippen molar-refractivity contribution in [3.63, 3.8) is 0 Å². The van der Waals surface area contributed by atoms with Crippen LogP contribution in [0.2, 0.25) is 0 Å². The number of pyridine rings is 2. The van der Waals surface area contributed by atoms with Crippen molar-refractivity contribution in [2.24, 2.45) is 0 Å². The Labute approximate surface area is 80.7 Å². The molecule has 0 aliphatic rings. The Hall–Kier alpha value is -1.23. The molecule has 0 saturated carbocycles. The maximum atomic E-state index is 12.6. The highest BCUT2D eigenvalue weighted by molar-refractivity contribution is 9.10. The van der Waals surface area contributed by atoms with Crippen molar-refractivity contribution in [2.45, 2.75) is 0 Å². The molecule has 0 fully saturated rings. The molecule has 0 aromatic carbocycles. The second kappa shape index (κ2) is 2.92. The topological polar surface area (TPSA) is 45.8 Å². The number of rotatable bonds is 0. The van der Waals surface area contributed by atoms with Crippen LogP contribution < -0.4 is 5.43 Å². The van der Waals surface area contributed by atoms with Crippen molar-refractivity contribution in [1.29, 1.82) is 0 Å². The molecule has 2 aromatic rings. The van der Waals surface area contributed by atoms with E-state index in [0.717, 1.165) is 6.07 Å². The van der Waals surface area contributed by atoms with Gasteiger partial charge in [0, 0.05) is 6.20 Å². The van der Waals surface area contributed by atoms with Gasteiger partial charge < -0.3 is 4.98 Å². The molecule has 0 spiro atoms. The van der Waals surface area contributed by atoms with Gasteiger partial charge in [0.25, 0.3) is 0 Å². The van der Waals surface area contributed by atoms with E-state index in [0.29, 0.717) is 9.86 Å². The number of nitrogens with zero attached hydrogens (tertiary/aromatic N) is 1. The molecule has 2 rings (SSSR count). The van der Waals surface area contributed by atoms with Gasteiger partial charge in [-0.05, 0) is 28.1 Å². The zero-order chi connectivity index (χ0) is 9.42. The van der Waals surface area contributed by atoms with E-state index in [-0.39, 0.29) is 11.1 Å². The van der Waals surface area contributed by atoms with Crippen LogP contribution in [0.15, 0.2) is 27.6 Å². The van der Waals surface area contributed by atoms with E-state index in [1.807, 2.05) is 0 Å². The van der Waals surface area contributed by atoms with Crippen molar-refractivity contribution in [1.82, 2.24) is 9.97 Å². The smallest absolute Gasteiger partial charge is 0.214 e. The minimum atomic E-state index is -0.606. The van der Waals surface area contributed by atoms with Gasteiger partial charge >= 0.3 is 0 Å². The predicted octanol–water partition coefficient (Wildman–Crippen LogP) is 1.82. The molecule has 0 atom stereocenters. The summed E-state index contributed by atoms with van der Waals surface area (Å²) in [6, 6.07) is 2.56. The number of nitrogens with one attached hydrogen (secondary N) is 1. The molecule has 3 nitrogen and oxygen atoms in total. The lowest BCUT2D eigenvalue weighted by atomic mass is 10.3. The average Bonchev–Trinajstić information content (AvgIpc) is 2.12. The van der Waals surface area contributed by atoms with Gasteiger partial charge in [0.2, 0.25) is 11.4 Å². The highest BCUT2D eigenvalue weighted by atomic mass is 79.9. The summed E-state index contributed by atoms with van der Waals surface area (Å²) < 4.78 is 13.0. The van der Waals surface area contributed by atoms with Crippen LogP contribution in [0.3, 0.4) is 0 Å². The summed E-state index contributed by atoms with van der Waals surface area (Å²) in [5, 5.41) is 0.371. The minimum absolute atomic E-state index is 0.193. The van der Waals surface area contributed by atoms with Crippen molar-refractivity contribution >= 4 is 27.0 Å². The van der Waals surface area contributed by atoms with Gasteiger partial charge in [-0.3, -0.25) is 4.79 Å². The van der Waals surface area contributed by atoms with Crippen molar-refractivity contribution < 1.29 is 4.39 Å². The second-order valence-corrected chi connectivity index (χ2v) is 3.35. The Morgan fingerprint density at radius 2 is 2.23 bits per heavy atom. The zero-order valence-corrected chi connectivity index (χ0v) is 7.93. The van der Waals surface area contributed by atoms with Gasteiger partial charge in [-0.1, -0.05) is 0 Å². The van der Waals surface area contributed by atoms with Crippen molar-refractivity contribution in [3.05, 3.63) is 39.0 Å². The van der Waals surface area contributed by atoms with Gasteiger partial charge in [0.1, 0.15) is 5.65 Å². The Bertz CT molecular complexity index is 523. The Morgan fingerprint density at radius 3 is 3.00 bits per heavy atom. The Balaban J connectivity index is 2.95. The van der Waals surface area contributed by atoms with Gasteiger partial charge in [-0.25, -0.2) is 4.98 Å². The summed E-state index contributed by atoms with van der Waals surface area (Å²) in [6.45, 7) is 0. The van der Waals surface area contributed by atoms with Crippen LogP contribution >= 0.6 is 15.9 Å². The lowest BCUT2D eigenvalue weighted by molar-refractivity contribution is 0.588. The highest BCUT2D eigenvalue weighted by Gasteiger charge is 2.03. The van der Waals surface area contributed by atoms with Crippen LogP contribution in [0.25, 0.3) is 11.0 Å². The molecule has 1 N–H and O–H groups in total. The van der Waals surface area contributed by atoms with Crippen molar-refractivity contribution in [3.8, 4) is 0 Å². The van der Waals surface area contributed by atoms with E-state index in [1.54, 1.807) is 0 Å². The van der Waals surface area contributed by atoms with Gasteiger partial charge in [-0.2, -0.15) is 4.39 Å². The molecule has 0 aliphatic heterocycles. The predicted molar refractivity (Wildman–Crippen MR) is 50.0 cm³/mol. The maximum Gasteiger partial charge on any atom is 0.214 e. The first-order chi connectivity index (χ1) is 6.18. The largest absolute Gasteiger partial charge is 0.345 e. The molecule has 2 aromatic heterocycles. The van der Waals surface area contributed by atoms with Crippen LogP contribution in [-0.2, 0) is 0 Å². The molecule has 13 heavy (non-hydrogen) atoms. The molecule has 2 heterocycles. The summed E-state index contributed by atoms with van der Waals surface area (Å²) in [5.74, 6) is -0.606. The second-order valence-electron chi connectivity index (χ2n) is 2.50. The highest BCUT2D eigenvalue weighted by Crippen LogP contribution is 2.09. The van der Waals surface area contributed by atoms with E-state index in [4.69, 9.17) is 0 Å². The number of H-pyrrole nitrogens is 1. The summed E-state index contributed by atoms with van der Waals surface area (Å²) in [5.41, 5.74) is 0.0643. The number of fused-ring (bicyclic) bond motifs is 1.